The van der Waals surface area contributed by atoms with Gasteiger partial charge in [-0.25, -0.2) is 5.11 Å². The zero-order valence-corrected chi connectivity index (χ0v) is 5.56. The molecule has 1 saturated heterocycles. The van der Waals surface area contributed by atoms with Crippen LogP contribution in [0.25, 0.3) is 0 Å². The fraction of sp³-hybridized carbons (Fsp3) is 1.00. The topological polar surface area (TPSA) is 19.9 Å². The van der Waals surface area contributed by atoms with Gasteiger partial charge in [0.05, 0.1) is 6.61 Å². The van der Waals surface area contributed by atoms with E-state index in [0.29, 0.717) is 5.25 Å². The van der Waals surface area contributed by atoms with E-state index in [-0.39, 0.29) is 6.61 Å². The van der Waals surface area contributed by atoms with E-state index < -0.39 is 0 Å². The van der Waals surface area contributed by atoms with Gasteiger partial charge in [-0.1, -0.05) is 0 Å². The summed E-state index contributed by atoms with van der Waals surface area (Å²) >= 11 is 3.66. The van der Waals surface area contributed by atoms with E-state index in [0.717, 1.165) is 10.8 Å². The Hall–Kier alpha value is 0.660. The maximum atomic E-state index is 10.1. The van der Waals surface area contributed by atoms with Crippen molar-refractivity contribution in [1.29, 1.82) is 0 Å². The Morgan fingerprint density at radius 2 is 2.57 bits per heavy atom. The average molecular weight is 135 g/mol. The largest absolute Gasteiger partial charge is 0.235 e. The summed E-state index contributed by atoms with van der Waals surface area (Å²) in [6.45, 7) is 0.109. The van der Waals surface area contributed by atoms with Gasteiger partial charge in [-0.2, -0.15) is 0 Å². The van der Waals surface area contributed by atoms with Gasteiger partial charge in [0.15, 0.2) is 0 Å². The molecule has 7 heavy (non-hydrogen) atoms. The molecule has 0 aliphatic carbocycles. The highest BCUT2D eigenvalue weighted by Crippen LogP contribution is 2.28. The Bertz CT molecular complexity index is 51.7. The summed E-state index contributed by atoms with van der Waals surface area (Å²) in [5, 5.41) is 11.7. The van der Waals surface area contributed by atoms with Crippen LogP contribution in [-0.4, -0.2) is 22.7 Å². The van der Waals surface area contributed by atoms with Gasteiger partial charge >= 0.3 is 0 Å². The van der Waals surface area contributed by atoms with E-state index >= 15 is 0 Å². The SMILES string of the molecule is [O]CC1CSCS1. The molecule has 1 aliphatic rings. The normalized spacial score (nSPS) is 31.3. The maximum Gasteiger partial charge on any atom is 0.0949 e. The van der Waals surface area contributed by atoms with Gasteiger partial charge < -0.3 is 0 Å². The van der Waals surface area contributed by atoms with Crippen LogP contribution in [0.4, 0.5) is 0 Å². The standard InChI is InChI=1S/C4H7OS2/c5-1-4-2-6-3-7-4/h4H,1-3H2. The van der Waals surface area contributed by atoms with Crippen LogP contribution in [0.3, 0.4) is 0 Å². The lowest BCUT2D eigenvalue weighted by Crippen LogP contribution is -2.04. The Morgan fingerprint density at radius 1 is 1.71 bits per heavy atom. The van der Waals surface area contributed by atoms with Crippen molar-refractivity contribution in [2.75, 3.05) is 17.4 Å². The molecule has 0 amide bonds. The molecule has 0 bridgehead atoms. The molecule has 0 aromatic rings. The first kappa shape index (κ1) is 5.79. The zero-order chi connectivity index (χ0) is 5.11. The van der Waals surface area contributed by atoms with E-state index in [2.05, 4.69) is 0 Å². The van der Waals surface area contributed by atoms with Crippen LogP contribution in [0, 0.1) is 0 Å². The molecule has 0 saturated carbocycles. The van der Waals surface area contributed by atoms with Crippen molar-refractivity contribution < 1.29 is 5.11 Å². The molecule has 1 heterocycles. The van der Waals surface area contributed by atoms with Gasteiger partial charge in [0.2, 0.25) is 0 Å². The van der Waals surface area contributed by atoms with Crippen LogP contribution >= 0.6 is 23.5 Å². The monoisotopic (exact) mass is 135 g/mol. The first-order valence-electron chi connectivity index (χ1n) is 2.21. The Morgan fingerprint density at radius 3 is 2.86 bits per heavy atom. The molecule has 1 unspecified atom stereocenters. The Kier molecular flexibility index (Phi) is 2.35. The van der Waals surface area contributed by atoms with Gasteiger partial charge in [-0.05, 0) is 0 Å². The van der Waals surface area contributed by atoms with Crippen LogP contribution in [0.2, 0.25) is 0 Å². The van der Waals surface area contributed by atoms with Crippen LogP contribution in [0.5, 0.6) is 0 Å². The molecule has 3 heteroatoms. The number of hydrogen-bond donors (Lipinski definition) is 0. The fourth-order valence-electron chi connectivity index (χ4n) is 0.468. The second kappa shape index (κ2) is 2.84. The minimum atomic E-state index is 0.109. The first-order valence-corrected chi connectivity index (χ1v) is 4.41. The lowest BCUT2D eigenvalue weighted by Gasteiger charge is -1.95. The van der Waals surface area contributed by atoms with E-state index in [1.54, 1.807) is 11.8 Å². The zero-order valence-electron chi connectivity index (χ0n) is 3.92. The van der Waals surface area contributed by atoms with E-state index in [1.165, 1.54) is 0 Å². The van der Waals surface area contributed by atoms with Crippen LogP contribution in [-0.2, 0) is 5.11 Å². The predicted molar refractivity (Wildman–Crippen MR) is 34.3 cm³/mol. The van der Waals surface area contributed by atoms with Gasteiger partial charge in [0.25, 0.3) is 0 Å². The third-order valence-electron chi connectivity index (χ3n) is 0.877. The average Bonchev–Trinajstić information content (AvgIpc) is 2.14. The van der Waals surface area contributed by atoms with Gasteiger partial charge in [0.1, 0.15) is 0 Å². The predicted octanol–water partition coefficient (Wildman–Crippen LogP) is 1.22. The molecule has 1 aliphatic heterocycles. The second-order valence-electron chi connectivity index (χ2n) is 1.44. The van der Waals surface area contributed by atoms with Gasteiger partial charge in [0, 0.05) is 16.1 Å². The van der Waals surface area contributed by atoms with Gasteiger partial charge in [-0.15, -0.1) is 23.5 Å². The highest BCUT2D eigenvalue weighted by atomic mass is 32.2. The summed E-state index contributed by atoms with van der Waals surface area (Å²) in [7, 11) is 0. The molecule has 1 fully saturated rings. The summed E-state index contributed by atoms with van der Waals surface area (Å²) in [5.41, 5.74) is 0. The summed E-state index contributed by atoms with van der Waals surface area (Å²) in [6.07, 6.45) is 0. The van der Waals surface area contributed by atoms with Crippen molar-refractivity contribution in [2.24, 2.45) is 0 Å². The van der Waals surface area contributed by atoms with Crippen molar-refractivity contribution in [3.8, 4) is 0 Å². The molecule has 1 atom stereocenters. The Labute approximate surface area is 51.9 Å². The molecule has 0 aromatic carbocycles. The van der Waals surface area contributed by atoms with E-state index in [4.69, 9.17) is 0 Å². The molecule has 0 aromatic heterocycles. The summed E-state index contributed by atoms with van der Waals surface area (Å²) in [6, 6.07) is 0. The summed E-state index contributed by atoms with van der Waals surface area (Å²) < 4.78 is 0. The molecule has 1 nitrogen and oxygen atoms in total. The van der Waals surface area contributed by atoms with Gasteiger partial charge in [-0.3, -0.25) is 0 Å². The van der Waals surface area contributed by atoms with Crippen LogP contribution in [0.15, 0.2) is 0 Å². The van der Waals surface area contributed by atoms with Crippen molar-refractivity contribution in [3.63, 3.8) is 0 Å². The third kappa shape index (κ3) is 1.55. The lowest BCUT2D eigenvalue weighted by molar-refractivity contribution is 0.199. The van der Waals surface area contributed by atoms with Crippen molar-refractivity contribution in [2.45, 2.75) is 5.25 Å². The van der Waals surface area contributed by atoms with E-state index in [9.17, 15) is 5.11 Å². The third-order valence-corrected chi connectivity index (χ3v) is 3.71. The van der Waals surface area contributed by atoms with Crippen LogP contribution < -0.4 is 0 Å². The molecule has 1 radical (unpaired) electrons. The molecule has 41 valence electrons. The highest BCUT2D eigenvalue weighted by molar-refractivity contribution is 8.19. The van der Waals surface area contributed by atoms with E-state index in [1.807, 2.05) is 11.8 Å². The quantitative estimate of drug-likeness (QED) is 0.538. The highest BCUT2D eigenvalue weighted by Gasteiger charge is 2.14. The summed E-state index contributed by atoms with van der Waals surface area (Å²) in [4.78, 5) is 0. The molecule has 0 N–H and O–H groups in total. The molecule has 1 rings (SSSR count). The fourth-order valence-corrected chi connectivity index (χ4v) is 3.14. The lowest BCUT2D eigenvalue weighted by atomic mass is 10.5. The molecular weight excluding hydrogens is 128 g/mol. The molecule has 0 spiro atoms. The minimum absolute atomic E-state index is 0.109. The van der Waals surface area contributed by atoms with Crippen molar-refractivity contribution >= 4 is 23.5 Å². The van der Waals surface area contributed by atoms with Crippen molar-refractivity contribution in [3.05, 3.63) is 0 Å². The summed E-state index contributed by atoms with van der Waals surface area (Å²) in [5.74, 6) is 1.08. The number of hydrogen-bond acceptors (Lipinski definition) is 2. The number of rotatable bonds is 1. The second-order valence-corrected chi connectivity index (χ2v) is 4.13. The minimum Gasteiger partial charge on any atom is -0.235 e. The maximum absolute atomic E-state index is 10.1. The smallest absolute Gasteiger partial charge is 0.0949 e. The van der Waals surface area contributed by atoms with Crippen LogP contribution in [0.1, 0.15) is 0 Å². The molecular formula is C4H7OS2. The number of thioether (sulfide) groups is 2. The Balaban J connectivity index is 2.14. The first-order chi connectivity index (χ1) is 3.43. The van der Waals surface area contributed by atoms with Crippen molar-refractivity contribution in [1.82, 2.24) is 0 Å².